The van der Waals surface area contributed by atoms with Gasteiger partial charge < -0.3 is 20.3 Å². The van der Waals surface area contributed by atoms with Crippen molar-refractivity contribution >= 4 is 6.03 Å². The number of urea groups is 1. The normalized spacial score (nSPS) is 24.5. The number of carbonyl (C=O) groups excluding carboxylic acids is 1. The van der Waals surface area contributed by atoms with Crippen molar-refractivity contribution in [3.63, 3.8) is 0 Å². The Hall–Kier alpha value is -0.810. The molecule has 2 N–H and O–H groups in total. The van der Waals surface area contributed by atoms with Crippen LogP contribution in [-0.4, -0.2) is 60.8 Å². The summed E-state index contributed by atoms with van der Waals surface area (Å²) >= 11 is 0. The first kappa shape index (κ1) is 11.7. The topological polar surface area (TPSA) is 58.8 Å². The van der Waals surface area contributed by atoms with Crippen LogP contribution >= 0.6 is 0 Å². The summed E-state index contributed by atoms with van der Waals surface area (Å²) in [4.78, 5) is 15.7. The molecule has 0 unspecified atom stereocenters. The third-order valence-corrected chi connectivity index (χ3v) is 3.67. The lowest BCUT2D eigenvalue weighted by Crippen LogP contribution is -2.72. The van der Waals surface area contributed by atoms with E-state index in [1.807, 2.05) is 9.80 Å². The van der Waals surface area contributed by atoms with Gasteiger partial charge in [-0.1, -0.05) is 13.8 Å². The molecule has 0 aromatic heterocycles. The van der Waals surface area contributed by atoms with E-state index in [9.17, 15) is 4.79 Å². The summed E-state index contributed by atoms with van der Waals surface area (Å²) in [6, 6.07) is 0.116. The molecule has 2 aliphatic heterocycles. The van der Waals surface area contributed by atoms with Crippen molar-refractivity contribution in [3.05, 3.63) is 0 Å². The van der Waals surface area contributed by atoms with Crippen LogP contribution in [0, 0.1) is 5.92 Å². The first-order chi connectivity index (χ1) is 7.53. The lowest BCUT2D eigenvalue weighted by molar-refractivity contribution is 0.0139. The molecule has 2 heterocycles. The van der Waals surface area contributed by atoms with Crippen LogP contribution in [-0.2, 0) is 4.74 Å². The molecule has 0 aromatic carbocycles. The molecular formula is C11H21N3O2. The summed E-state index contributed by atoms with van der Waals surface area (Å²) in [7, 11) is 0. The molecule has 16 heavy (non-hydrogen) atoms. The third kappa shape index (κ3) is 2.01. The average Bonchev–Trinajstić information content (AvgIpc) is 2.25. The summed E-state index contributed by atoms with van der Waals surface area (Å²) in [6.45, 7) is 8.28. The number of ether oxygens (including phenoxy) is 1. The van der Waals surface area contributed by atoms with Gasteiger partial charge in [0.25, 0.3) is 0 Å². The fraction of sp³-hybridized carbons (Fsp3) is 0.909. The lowest BCUT2D eigenvalue weighted by Gasteiger charge is -2.51. The maximum absolute atomic E-state index is 12.0. The van der Waals surface area contributed by atoms with E-state index in [4.69, 9.17) is 10.5 Å². The van der Waals surface area contributed by atoms with Crippen LogP contribution < -0.4 is 5.73 Å². The second-order valence-electron chi connectivity index (χ2n) is 5.13. The molecule has 0 radical (unpaired) electrons. The maximum Gasteiger partial charge on any atom is 0.320 e. The van der Waals surface area contributed by atoms with E-state index in [1.54, 1.807) is 0 Å². The van der Waals surface area contributed by atoms with Gasteiger partial charge in [0, 0.05) is 26.2 Å². The van der Waals surface area contributed by atoms with Crippen LogP contribution in [0.2, 0.25) is 0 Å². The zero-order valence-electron chi connectivity index (χ0n) is 10.1. The minimum atomic E-state index is -0.179. The highest BCUT2D eigenvalue weighted by Crippen LogP contribution is 2.27. The van der Waals surface area contributed by atoms with E-state index in [0.717, 1.165) is 0 Å². The van der Waals surface area contributed by atoms with Crippen molar-refractivity contribution in [1.82, 2.24) is 9.80 Å². The molecule has 2 aliphatic rings. The number of amides is 2. The van der Waals surface area contributed by atoms with Crippen LogP contribution in [0.1, 0.15) is 13.8 Å². The Morgan fingerprint density at radius 1 is 1.25 bits per heavy atom. The Morgan fingerprint density at radius 2 is 1.81 bits per heavy atom. The van der Waals surface area contributed by atoms with Gasteiger partial charge in [0.05, 0.1) is 18.8 Å². The van der Waals surface area contributed by atoms with E-state index >= 15 is 0 Å². The maximum atomic E-state index is 12.0. The SMILES string of the molecule is CC(C)C1(N)CN(C(=O)N2CCOCC2)C1. The van der Waals surface area contributed by atoms with Crippen molar-refractivity contribution in [2.24, 2.45) is 11.7 Å². The van der Waals surface area contributed by atoms with Crippen molar-refractivity contribution in [3.8, 4) is 0 Å². The van der Waals surface area contributed by atoms with Crippen LogP contribution in [0.3, 0.4) is 0 Å². The highest BCUT2D eigenvalue weighted by Gasteiger charge is 2.45. The van der Waals surface area contributed by atoms with Gasteiger partial charge in [-0.15, -0.1) is 0 Å². The van der Waals surface area contributed by atoms with Gasteiger partial charge >= 0.3 is 6.03 Å². The predicted molar refractivity (Wildman–Crippen MR) is 61.1 cm³/mol. The first-order valence-electron chi connectivity index (χ1n) is 5.93. The summed E-state index contributed by atoms with van der Waals surface area (Å²) in [6.07, 6.45) is 0. The summed E-state index contributed by atoms with van der Waals surface area (Å²) in [5, 5.41) is 0. The van der Waals surface area contributed by atoms with E-state index in [2.05, 4.69) is 13.8 Å². The molecule has 2 rings (SSSR count). The second kappa shape index (κ2) is 4.22. The summed E-state index contributed by atoms with van der Waals surface area (Å²) in [5.74, 6) is 0.418. The Bertz CT molecular complexity index is 268. The number of rotatable bonds is 1. The van der Waals surface area contributed by atoms with Gasteiger partial charge in [0.2, 0.25) is 0 Å². The number of hydrogen-bond acceptors (Lipinski definition) is 3. The molecule has 2 amide bonds. The number of hydrogen-bond donors (Lipinski definition) is 1. The van der Waals surface area contributed by atoms with Gasteiger partial charge in [0.1, 0.15) is 0 Å². The standard InChI is InChI=1S/C11H21N3O2/c1-9(2)11(12)7-14(8-11)10(15)13-3-5-16-6-4-13/h9H,3-8,12H2,1-2H3. The van der Waals surface area contributed by atoms with Gasteiger partial charge in [0.15, 0.2) is 0 Å². The largest absolute Gasteiger partial charge is 0.378 e. The van der Waals surface area contributed by atoms with Crippen LogP contribution in [0.5, 0.6) is 0 Å². The molecule has 5 nitrogen and oxygen atoms in total. The number of likely N-dealkylation sites (tertiary alicyclic amines) is 1. The van der Waals surface area contributed by atoms with Gasteiger partial charge in [-0.25, -0.2) is 4.79 Å². The van der Waals surface area contributed by atoms with Crippen LogP contribution in [0.4, 0.5) is 4.79 Å². The number of morpholine rings is 1. The van der Waals surface area contributed by atoms with E-state index in [0.29, 0.717) is 45.3 Å². The molecule has 2 saturated heterocycles. The number of nitrogens with zero attached hydrogens (tertiary/aromatic N) is 2. The molecule has 0 atom stereocenters. The van der Waals surface area contributed by atoms with Crippen molar-refractivity contribution < 1.29 is 9.53 Å². The molecule has 92 valence electrons. The molecule has 2 fully saturated rings. The Labute approximate surface area is 96.5 Å². The van der Waals surface area contributed by atoms with Crippen molar-refractivity contribution in [2.45, 2.75) is 19.4 Å². The molecule has 5 heteroatoms. The highest BCUT2D eigenvalue weighted by molar-refractivity contribution is 5.76. The lowest BCUT2D eigenvalue weighted by atomic mass is 9.80. The number of nitrogens with two attached hydrogens (primary N) is 1. The monoisotopic (exact) mass is 227 g/mol. The highest BCUT2D eigenvalue weighted by atomic mass is 16.5. The van der Waals surface area contributed by atoms with Crippen LogP contribution in [0.15, 0.2) is 0 Å². The molecule has 0 aliphatic carbocycles. The fourth-order valence-electron chi connectivity index (χ4n) is 2.12. The Balaban J connectivity index is 1.84. The van der Waals surface area contributed by atoms with Gasteiger partial charge in [-0.3, -0.25) is 0 Å². The molecule has 0 aromatic rings. The molecule has 0 bridgehead atoms. The second-order valence-corrected chi connectivity index (χ2v) is 5.13. The first-order valence-corrected chi connectivity index (χ1v) is 5.93. The number of carbonyl (C=O) groups is 1. The molecule has 0 saturated carbocycles. The van der Waals surface area contributed by atoms with E-state index < -0.39 is 0 Å². The fourth-order valence-corrected chi connectivity index (χ4v) is 2.12. The third-order valence-electron chi connectivity index (χ3n) is 3.67. The Kier molecular flexibility index (Phi) is 3.08. The minimum absolute atomic E-state index is 0.116. The Morgan fingerprint density at radius 3 is 2.31 bits per heavy atom. The predicted octanol–water partition coefficient (Wildman–Crippen LogP) is 0.108. The average molecular weight is 227 g/mol. The van der Waals surface area contributed by atoms with Crippen molar-refractivity contribution in [2.75, 3.05) is 39.4 Å². The quantitative estimate of drug-likeness (QED) is 0.691. The molecular weight excluding hydrogens is 206 g/mol. The zero-order valence-corrected chi connectivity index (χ0v) is 10.1. The molecule has 0 spiro atoms. The van der Waals surface area contributed by atoms with Crippen molar-refractivity contribution in [1.29, 1.82) is 0 Å². The van der Waals surface area contributed by atoms with Gasteiger partial charge in [-0.05, 0) is 5.92 Å². The van der Waals surface area contributed by atoms with Gasteiger partial charge in [-0.2, -0.15) is 0 Å². The minimum Gasteiger partial charge on any atom is -0.378 e. The smallest absolute Gasteiger partial charge is 0.320 e. The summed E-state index contributed by atoms with van der Waals surface area (Å²) < 4.78 is 5.22. The summed E-state index contributed by atoms with van der Waals surface area (Å²) in [5.41, 5.74) is 5.99. The zero-order chi connectivity index (χ0) is 11.8. The van der Waals surface area contributed by atoms with E-state index in [1.165, 1.54) is 0 Å². The van der Waals surface area contributed by atoms with Crippen LogP contribution in [0.25, 0.3) is 0 Å². The van der Waals surface area contributed by atoms with E-state index in [-0.39, 0.29) is 11.6 Å².